The third-order valence-corrected chi connectivity index (χ3v) is 10.5. The van der Waals surface area contributed by atoms with Gasteiger partial charge in [0.15, 0.2) is 6.10 Å². The van der Waals surface area contributed by atoms with Gasteiger partial charge < -0.3 is 14.2 Å². The molecular weight excluding hydrogens is 721 g/mol. The Morgan fingerprint density at radius 3 is 1.00 bits per heavy atom. The first-order valence-electron chi connectivity index (χ1n) is 24.6. The summed E-state index contributed by atoms with van der Waals surface area (Å²) >= 11 is 0. The van der Waals surface area contributed by atoms with Gasteiger partial charge in [0, 0.05) is 19.3 Å². The van der Waals surface area contributed by atoms with Crippen molar-refractivity contribution in [2.75, 3.05) is 13.2 Å². The van der Waals surface area contributed by atoms with Crippen molar-refractivity contribution in [3.8, 4) is 0 Å². The molecule has 6 heteroatoms. The second-order valence-electron chi connectivity index (χ2n) is 16.4. The smallest absolute Gasteiger partial charge is 0.306 e. The van der Waals surface area contributed by atoms with Gasteiger partial charge >= 0.3 is 17.9 Å². The minimum absolute atomic E-state index is 0.0851. The van der Waals surface area contributed by atoms with Crippen LogP contribution in [0.1, 0.15) is 245 Å². The number of unbranched alkanes of at least 4 members (excludes halogenated alkanes) is 25. The summed E-state index contributed by atoms with van der Waals surface area (Å²) in [7, 11) is 0. The fourth-order valence-electron chi connectivity index (χ4n) is 6.75. The number of rotatable bonds is 44. The molecule has 0 fully saturated rings. The highest BCUT2D eigenvalue weighted by molar-refractivity contribution is 5.71. The van der Waals surface area contributed by atoms with E-state index in [1.54, 1.807) is 0 Å². The van der Waals surface area contributed by atoms with E-state index in [2.05, 4.69) is 69.4 Å². The normalized spacial score (nSPS) is 12.4. The monoisotopic (exact) mass is 813 g/mol. The van der Waals surface area contributed by atoms with Crippen molar-refractivity contribution in [3.05, 3.63) is 48.6 Å². The minimum Gasteiger partial charge on any atom is -0.462 e. The third kappa shape index (κ3) is 44.5. The first kappa shape index (κ1) is 55.4. The van der Waals surface area contributed by atoms with Crippen LogP contribution in [0.5, 0.6) is 0 Å². The minimum atomic E-state index is -0.784. The summed E-state index contributed by atoms with van der Waals surface area (Å²) in [6.45, 7) is 6.54. The molecule has 336 valence electrons. The summed E-state index contributed by atoms with van der Waals surface area (Å²) in [5.41, 5.74) is 0. The number of ether oxygens (including phenoxy) is 3. The standard InChI is InChI=1S/C52H92O6/c1-4-7-10-13-16-19-22-25-26-28-30-33-36-39-42-45-51(54)57-48-49(47-56-50(53)44-41-38-35-32-29-24-21-18-15-12-9-6-3)58-52(55)46-43-40-37-34-31-27-23-20-17-14-11-8-5-2/h16,18-21,23,25-26,49H,4-15,17,22,24,27-48H2,1-3H3/b19-16-,21-18-,23-20-,26-25-. The molecule has 0 saturated carbocycles. The maximum atomic E-state index is 12.7. The third-order valence-electron chi connectivity index (χ3n) is 10.5. The lowest BCUT2D eigenvalue weighted by Gasteiger charge is -2.18. The molecule has 0 aliphatic heterocycles. The summed E-state index contributed by atoms with van der Waals surface area (Å²) in [6.07, 6.45) is 55.1. The van der Waals surface area contributed by atoms with Gasteiger partial charge in [-0.1, -0.05) is 172 Å². The van der Waals surface area contributed by atoms with Gasteiger partial charge in [-0.3, -0.25) is 14.4 Å². The van der Waals surface area contributed by atoms with Crippen LogP contribution in [-0.4, -0.2) is 37.2 Å². The maximum absolute atomic E-state index is 12.7. The Hall–Kier alpha value is -2.63. The highest BCUT2D eigenvalue weighted by Gasteiger charge is 2.19. The van der Waals surface area contributed by atoms with Crippen LogP contribution >= 0.6 is 0 Å². The topological polar surface area (TPSA) is 78.9 Å². The Bertz CT molecular complexity index is 1030. The Kier molecular flexibility index (Phi) is 44.9. The van der Waals surface area contributed by atoms with Crippen molar-refractivity contribution in [2.24, 2.45) is 0 Å². The summed E-state index contributed by atoms with van der Waals surface area (Å²) in [5.74, 6) is -0.914. The molecule has 0 aromatic carbocycles. The van der Waals surface area contributed by atoms with E-state index in [0.29, 0.717) is 19.3 Å². The van der Waals surface area contributed by atoms with Gasteiger partial charge in [-0.05, 0) is 103 Å². The van der Waals surface area contributed by atoms with Gasteiger partial charge in [-0.25, -0.2) is 0 Å². The van der Waals surface area contributed by atoms with Gasteiger partial charge in [0.2, 0.25) is 0 Å². The Morgan fingerprint density at radius 1 is 0.345 bits per heavy atom. The molecule has 1 atom stereocenters. The molecular formula is C52H92O6. The van der Waals surface area contributed by atoms with Crippen LogP contribution in [0.2, 0.25) is 0 Å². The van der Waals surface area contributed by atoms with E-state index in [1.165, 1.54) is 109 Å². The predicted molar refractivity (Wildman–Crippen MR) is 247 cm³/mol. The van der Waals surface area contributed by atoms with Gasteiger partial charge in [0.1, 0.15) is 13.2 Å². The SMILES string of the molecule is CCCCC/C=C\C/C=C\CCCCCCCC(=O)OCC(COC(=O)CCCCCCC/C=C\CCCCC)OC(=O)CCCCCCC/C=C\CCCCCC. The van der Waals surface area contributed by atoms with Crippen molar-refractivity contribution >= 4 is 17.9 Å². The van der Waals surface area contributed by atoms with Gasteiger partial charge in [0.25, 0.3) is 0 Å². The average molecular weight is 813 g/mol. The molecule has 0 N–H and O–H groups in total. The number of esters is 3. The molecule has 0 radical (unpaired) electrons. The Morgan fingerprint density at radius 2 is 0.621 bits per heavy atom. The van der Waals surface area contributed by atoms with Crippen LogP contribution in [-0.2, 0) is 28.6 Å². The first-order valence-corrected chi connectivity index (χ1v) is 24.6. The number of hydrogen-bond donors (Lipinski definition) is 0. The summed E-state index contributed by atoms with van der Waals surface area (Å²) in [4.78, 5) is 37.8. The second-order valence-corrected chi connectivity index (χ2v) is 16.4. The molecule has 0 spiro atoms. The zero-order valence-corrected chi connectivity index (χ0v) is 38.3. The van der Waals surface area contributed by atoms with E-state index in [1.807, 2.05) is 0 Å². The predicted octanol–water partition coefficient (Wildman–Crippen LogP) is 15.9. The molecule has 0 aromatic heterocycles. The van der Waals surface area contributed by atoms with Crippen LogP contribution < -0.4 is 0 Å². The molecule has 58 heavy (non-hydrogen) atoms. The summed E-state index contributed by atoms with van der Waals surface area (Å²) in [6, 6.07) is 0. The average Bonchev–Trinajstić information content (AvgIpc) is 3.22. The molecule has 0 aliphatic carbocycles. The van der Waals surface area contributed by atoms with Crippen molar-refractivity contribution in [3.63, 3.8) is 0 Å². The number of carbonyl (C=O) groups is 3. The molecule has 0 bridgehead atoms. The Labute approximate surface area is 358 Å². The molecule has 0 aliphatic rings. The van der Waals surface area contributed by atoms with Crippen LogP contribution in [0.3, 0.4) is 0 Å². The molecule has 0 rings (SSSR count). The van der Waals surface area contributed by atoms with Crippen LogP contribution in [0.4, 0.5) is 0 Å². The lowest BCUT2D eigenvalue weighted by Crippen LogP contribution is -2.30. The maximum Gasteiger partial charge on any atom is 0.306 e. The van der Waals surface area contributed by atoms with Gasteiger partial charge in [0.05, 0.1) is 0 Å². The second kappa shape index (κ2) is 47.1. The number of carbonyl (C=O) groups excluding carboxylic acids is 3. The van der Waals surface area contributed by atoms with E-state index >= 15 is 0 Å². The molecule has 6 nitrogen and oxygen atoms in total. The lowest BCUT2D eigenvalue weighted by molar-refractivity contribution is -0.167. The molecule has 0 saturated heterocycles. The molecule has 0 aromatic rings. The number of allylic oxidation sites excluding steroid dienone is 8. The molecule has 0 amide bonds. The van der Waals surface area contributed by atoms with E-state index in [9.17, 15) is 14.4 Å². The largest absolute Gasteiger partial charge is 0.462 e. The molecule has 0 heterocycles. The van der Waals surface area contributed by atoms with Gasteiger partial charge in [-0.2, -0.15) is 0 Å². The fourth-order valence-corrected chi connectivity index (χ4v) is 6.75. The van der Waals surface area contributed by atoms with Crippen LogP contribution in [0.15, 0.2) is 48.6 Å². The van der Waals surface area contributed by atoms with Gasteiger partial charge in [-0.15, -0.1) is 0 Å². The Balaban J connectivity index is 4.41. The fraction of sp³-hybridized carbons (Fsp3) is 0.788. The highest BCUT2D eigenvalue weighted by Crippen LogP contribution is 2.13. The summed E-state index contributed by atoms with van der Waals surface area (Å²) < 4.78 is 16.7. The lowest BCUT2D eigenvalue weighted by atomic mass is 10.1. The molecule has 1 unspecified atom stereocenters. The highest BCUT2D eigenvalue weighted by atomic mass is 16.6. The van der Waals surface area contributed by atoms with Crippen LogP contribution in [0, 0.1) is 0 Å². The van der Waals surface area contributed by atoms with E-state index in [4.69, 9.17) is 14.2 Å². The zero-order valence-electron chi connectivity index (χ0n) is 38.3. The van der Waals surface area contributed by atoms with E-state index < -0.39 is 6.10 Å². The van der Waals surface area contributed by atoms with Crippen molar-refractivity contribution in [1.29, 1.82) is 0 Å². The first-order chi connectivity index (χ1) is 28.5. The van der Waals surface area contributed by atoms with Crippen LogP contribution in [0.25, 0.3) is 0 Å². The zero-order chi connectivity index (χ0) is 42.3. The van der Waals surface area contributed by atoms with Crippen molar-refractivity contribution < 1.29 is 28.6 Å². The van der Waals surface area contributed by atoms with Crippen molar-refractivity contribution in [1.82, 2.24) is 0 Å². The summed E-state index contributed by atoms with van der Waals surface area (Å²) in [5, 5.41) is 0. The van der Waals surface area contributed by atoms with E-state index in [0.717, 1.165) is 96.3 Å². The van der Waals surface area contributed by atoms with E-state index in [-0.39, 0.29) is 31.1 Å². The quantitative estimate of drug-likeness (QED) is 0.0264. The number of hydrogen-bond acceptors (Lipinski definition) is 6. The van der Waals surface area contributed by atoms with Crippen molar-refractivity contribution in [2.45, 2.75) is 252 Å².